The number of aromatic hydroxyl groups is 1. The van der Waals surface area contributed by atoms with Gasteiger partial charge in [-0.2, -0.15) is 0 Å². The molecule has 1 aliphatic rings. The third kappa shape index (κ3) is 3.34. The molecule has 0 unspecified atom stereocenters. The zero-order valence-corrected chi connectivity index (χ0v) is 12.6. The van der Waals surface area contributed by atoms with Gasteiger partial charge in [0.15, 0.2) is 6.61 Å². The maximum Gasteiger partial charge on any atom is 0.342 e. The molecule has 0 aromatic heterocycles. The second-order valence-corrected chi connectivity index (χ2v) is 5.43. The van der Waals surface area contributed by atoms with Crippen molar-refractivity contribution in [2.45, 2.75) is 13.0 Å². The number of benzene rings is 2. The minimum absolute atomic E-state index is 0.0595. The molecule has 0 fully saturated rings. The summed E-state index contributed by atoms with van der Waals surface area (Å²) in [6, 6.07) is 14.1. The van der Waals surface area contributed by atoms with Gasteiger partial charge in [-0.3, -0.25) is 4.79 Å². The summed E-state index contributed by atoms with van der Waals surface area (Å²) in [5.41, 5.74) is 2.44. The highest BCUT2D eigenvalue weighted by Gasteiger charge is 2.22. The standard InChI is InChI=1S/C18H17NO4/c20-16-8-4-3-7-15(16)18(22)23-12-17(21)19-10-9-13-5-1-2-6-14(13)11-19/h1-8,20H,9-12H2. The Morgan fingerprint density at radius 3 is 2.52 bits per heavy atom. The van der Waals surface area contributed by atoms with E-state index in [1.54, 1.807) is 17.0 Å². The lowest BCUT2D eigenvalue weighted by Gasteiger charge is -2.28. The van der Waals surface area contributed by atoms with Crippen LogP contribution in [0.3, 0.4) is 0 Å². The van der Waals surface area contributed by atoms with Crippen molar-refractivity contribution < 1.29 is 19.4 Å². The molecule has 2 aromatic rings. The Bertz CT molecular complexity index is 741. The monoisotopic (exact) mass is 311 g/mol. The van der Waals surface area contributed by atoms with Crippen LogP contribution < -0.4 is 0 Å². The van der Waals surface area contributed by atoms with E-state index in [1.165, 1.54) is 17.7 Å². The van der Waals surface area contributed by atoms with E-state index < -0.39 is 5.97 Å². The normalized spacial score (nSPS) is 13.3. The lowest BCUT2D eigenvalue weighted by molar-refractivity contribution is -0.135. The summed E-state index contributed by atoms with van der Waals surface area (Å²) < 4.78 is 5.02. The van der Waals surface area contributed by atoms with Crippen molar-refractivity contribution >= 4 is 11.9 Å². The van der Waals surface area contributed by atoms with Crippen LogP contribution in [0.2, 0.25) is 0 Å². The average Bonchev–Trinajstić information content (AvgIpc) is 2.59. The van der Waals surface area contributed by atoms with Gasteiger partial charge in [-0.15, -0.1) is 0 Å². The molecule has 0 aliphatic carbocycles. The van der Waals surface area contributed by atoms with Crippen LogP contribution in [0.25, 0.3) is 0 Å². The van der Waals surface area contributed by atoms with Crippen molar-refractivity contribution in [3.05, 3.63) is 65.2 Å². The fourth-order valence-electron chi connectivity index (χ4n) is 2.65. The quantitative estimate of drug-likeness (QED) is 0.882. The first-order valence-corrected chi connectivity index (χ1v) is 7.45. The molecular weight excluding hydrogens is 294 g/mol. The maximum absolute atomic E-state index is 12.2. The molecule has 1 N–H and O–H groups in total. The molecule has 1 amide bonds. The van der Waals surface area contributed by atoms with E-state index in [4.69, 9.17) is 4.74 Å². The summed E-state index contributed by atoms with van der Waals surface area (Å²) in [5.74, 6) is -1.09. The van der Waals surface area contributed by atoms with Crippen molar-refractivity contribution in [1.29, 1.82) is 0 Å². The fraction of sp³-hybridized carbons (Fsp3) is 0.222. The number of esters is 1. The van der Waals surface area contributed by atoms with E-state index in [0.717, 1.165) is 12.0 Å². The average molecular weight is 311 g/mol. The van der Waals surface area contributed by atoms with Gasteiger partial charge < -0.3 is 14.7 Å². The topological polar surface area (TPSA) is 66.8 Å². The lowest BCUT2D eigenvalue weighted by atomic mass is 10.00. The van der Waals surface area contributed by atoms with Crippen LogP contribution in [-0.2, 0) is 22.5 Å². The number of amides is 1. The maximum atomic E-state index is 12.2. The first kappa shape index (κ1) is 15.1. The van der Waals surface area contributed by atoms with Crippen LogP contribution in [0.4, 0.5) is 0 Å². The highest BCUT2D eigenvalue weighted by molar-refractivity contribution is 5.93. The molecule has 0 bridgehead atoms. The van der Waals surface area contributed by atoms with Gasteiger partial charge in [0.1, 0.15) is 11.3 Å². The minimum Gasteiger partial charge on any atom is -0.507 e. The summed E-state index contributed by atoms with van der Waals surface area (Å²) in [6.07, 6.45) is 0.801. The molecule has 0 spiro atoms. The number of ether oxygens (including phenoxy) is 1. The Hall–Kier alpha value is -2.82. The van der Waals surface area contributed by atoms with E-state index in [1.807, 2.05) is 18.2 Å². The molecule has 0 radical (unpaired) electrons. The molecule has 3 rings (SSSR count). The van der Waals surface area contributed by atoms with Gasteiger partial charge in [0.2, 0.25) is 0 Å². The van der Waals surface area contributed by atoms with E-state index in [2.05, 4.69) is 6.07 Å². The van der Waals surface area contributed by atoms with E-state index in [-0.39, 0.29) is 23.8 Å². The van der Waals surface area contributed by atoms with Gasteiger partial charge in [0.05, 0.1) is 0 Å². The molecule has 0 saturated heterocycles. The van der Waals surface area contributed by atoms with E-state index in [9.17, 15) is 14.7 Å². The number of para-hydroxylation sites is 1. The van der Waals surface area contributed by atoms with E-state index in [0.29, 0.717) is 13.1 Å². The van der Waals surface area contributed by atoms with Gasteiger partial charge in [-0.05, 0) is 29.7 Å². The van der Waals surface area contributed by atoms with Gasteiger partial charge in [0, 0.05) is 13.1 Å². The van der Waals surface area contributed by atoms with Gasteiger partial charge in [0.25, 0.3) is 5.91 Å². The van der Waals surface area contributed by atoms with Gasteiger partial charge >= 0.3 is 5.97 Å². The smallest absolute Gasteiger partial charge is 0.342 e. The van der Waals surface area contributed by atoms with Crippen molar-refractivity contribution in [1.82, 2.24) is 4.90 Å². The second-order valence-electron chi connectivity index (χ2n) is 5.43. The summed E-state index contributed by atoms with van der Waals surface area (Å²) in [5, 5.41) is 9.61. The van der Waals surface area contributed by atoms with Gasteiger partial charge in [-0.25, -0.2) is 4.79 Å². The Kier molecular flexibility index (Phi) is 4.28. The molecule has 1 heterocycles. The van der Waals surface area contributed by atoms with Crippen molar-refractivity contribution in [3.63, 3.8) is 0 Å². The number of carbonyl (C=O) groups is 2. The van der Waals surface area contributed by atoms with Crippen LogP contribution in [0.15, 0.2) is 48.5 Å². The zero-order chi connectivity index (χ0) is 16.2. The molecule has 0 saturated carbocycles. The molecule has 5 nitrogen and oxygen atoms in total. The van der Waals surface area contributed by atoms with E-state index >= 15 is 0 Å². The molecule has 118 valence electrons. The summed E-state index contributed by atoms with van der Waals surface area (Å²) in [6.45, 7) is 0.822. The number of nitrogens with zero attached hydrogens (tertiary/aromatic N) is 1. The third-order valence-electron chi connectivity index (χ3n) is 3.93. The van der Waals surface area contributed by atoms with Crippen LogP contribution in [0, 0.1) is 0 Å². The van der Waals surface area contributed by atoms with Crippen molar-refractivity contribution in [3.8, 4) is 5.75 Å². The van der Waals surface area contributed by atoms with Crippen molar-refractivity contribution in [2.75, 3.05) is 13.2 Å². The minimum atomic E-state index is -0.700. The Labute approximate surface area is 134 Å². The Morgan fingerprint density at radius 2 is 1.74 bits per heavy atom. The zero-order valence-electron chi connectivity index (χ0n) is 12.6. The fourth-order valence-corrected chi connectivity index (χ4v) is 2.65. The van der Waals surface area contributed by atoms with Crippen LogP contribution in [-0.4, -0.2) is 35.0 Å². The van der Waals surface area contributed by atoms with Crippen LogP contribution in [0.5, 0.6) is 5.75 Å². The Morgan fingerprint density at radius 1 is 1.04 bits per heavy atom. The number of hydrogen-bond donors (Lipinski definition) is 1. The highest BCUT2D eigenvalue weighted by Crippen LogP contribution is 2.19. The lowest BCUT2D eigenvalue weighted by Crippen LogP contribution is -2.38. The predicted molar refractivity (Wildman–Crippen MR) is 84.0 cm³/mol. The summed E-state index contributed by atoms with van der Waals surface area (Å²) in [7, 11) is 0. The molecule has 2 aromatic carbocycles. The molecule has 23 heavy (non-hydrogen) atoms. The molecular formula is C18H17NO4. The van der Waals surface area contributed by atoms with Crippen molar-refractivity contribution in [2.24, 2.45) is 0 Å². The molecule has 1 aliphatic heterocycles. The number of phenols is 1. The number of fused-ring (bicyclic) bond motifs is 1. The Balaban J connectivity index is 1.58. The van der Waals surface area contributed by atoms with Crippen LogP contribution in [0.1, 0.15) is 21.5 Å². The summed E-state index contributed by atoms with van der Waals surface area (Å²) >= 11 is 0. The van der Waals surface area contributed by atoms with Crippen LogP contribution >= 0.6 is 0 Å². The predicted octanol–water partition coefficient (Wildman–Crippen LogP) is 2.13. The largest absolute Gasteiger partial charge is 0.507 e. The number of carbonyl (C=O) groups excluding carboxylic acids is 2. The number of phenolic OH excluding ortho intramolecular Hbond substituents is 1. The van der Waals surface area contributed by atoms with Gasteiger partial charge in [-0.1, -0.05) is 36.4 Å². The second kappa shape index (κ2) is 6.52. The first-order valence-electron chi connectivity index (χ1n) is 7.45. The number of rotatable bonds is 3. The molecule has 0 atom stereocenters. The first-order chi connectivity index (χ1) is 11.1. The number of hydrogen-bond acceptors (Lipinski definition) is 4. The summed E-state index contributed by atoms with van der Waals surface area (Å²) in [4.78, 5) is 25.8. The third-order valence-corrected chi connectivity index (χ3v) is 3.93. The molecule has 5 heteroatoms. The SMILES string of the molecule is O=C(OCC(=O)N1CCc2ccccc2C1)c1ccccc1O. The highest BCUT2D eigenvalue weighted by atomic mass is 16.5.